The number of pyridine rings is 2. The second-order valence-corrected chi connectivity index (χ2v) is 8.67. The van der Waals surface area contributed by atoms with Crippen molar-refractivity contribution in [2.45, 2.75) is 32.2 Å². The number of nitrogens with two attached hydrogens (primary N) is 1. The molecule has 0 aliphatic carbocycles. The summed E-state index contributed by atoms with van der Waals surface area (Å²) in [4.78, 5) is 38.7. The summed E-state index contributed by atoms with van der Waals surface area (Å²) in [6.07, 6.45) is 6.64. The smallest absolute Gasteiger partial charge is 0.251 e. The molecule has 4 rings (SSSR count). The third-order valence-corrected chi connectivity index (χ3v) is 6.86. The standard InChI is InChI=1S/C23H25N5O2S/c1-13-14(2)20(21(24)30)23(27-15(13)3)31-12-19(29)28-9-6-16(7-10-28)18-11-26-22-17(18)5-4-8-25-22/h4-6,8,11H,7,9-10,12H2,1-3H3,(H2,24,30)(H,25,26). The van der Waals surface area contributed by atoms with Crippen molar-refractivity contribution in [2.75, 3.05) is 18.8 Å². The van der Waals surface area contributed by atoms with Gasteiger partial charge in [0.25, 0.3) is 5.91 Å². The predicted octanol–water partition coefficient (Wildman–Crippen LogP) is 3.39. The van der Waals surface area contributed by atoms with Gasteiger partial charge in [-0.25, -0.2) is 9.97 Å². The Hall–Kier alpha value is -3.13. The molecule has 0 radical (unpaired) electrons. The molecule has 0 aromatic carbocycles. The van der Waals surface area contributed by atoms with Crippen molar-refractivity contribution in [1.29, 1.82) is 0 Å². The molecule has 7 nitrogen and oxygen atoms in total. The van der Waals surface area contributed by atoms with Crippen LogP contribution < -0.4 is 5.73 Å². The summed E-state index contributed by atoms with van der Waals surface area (Å²) in [5, 5.41) is 1.63. The quantitative estimate of drug-likeness (QED) is 0.598. The molecule has 3 N–H and O–H groups in total. The van der Waals surface area contributed by atoms with Gasteiger partial charge in [0.2, 0.25) is 5.91 Å². The van der Waals surface area contributed by atoms with Gasteiger partial charge >= 0.3 is 0 Å². The van der Waals surface area contributed by atoms with E-state index in [0.29, 0.717) is 23.7 Å². The first-order chi connectivity index (χ1) is 14.9. The van der Waals surface area contributed by atoms with Crippen LogP contribution in [0.4, 0.5) is 0 Å². The molecule has 0 saturated carbocycles. The fourth-order valence-electron chi connectivity index (χ4n) is 3.89. The number of aromatic amines is 1. The van der Waals surface area contributed by atoms with E-state index in [9.17, 15) is 9.59 Å². The second-order valence-electron chi connectivity index (χ2n) is 7.70. The van der Waals surface area contributed by atoms with Gasteiger partial charge in [-0.2, -0.15) is 0 Å². The highest BCUT2D eigenvalue weighted by atomic mass is 32.2. The normalized spacial score (nSPS) is 14.0. The monoisotopic (exact) mass is 435 g/mol. The van der Waals surface area contributed by atoms with Crippen LogP contribution in [0.1, 0.15) is 39.2 Å². The predicted molar refractivity (Wildman–Crippen MR) is 123 cm³/mol. The number of nitrogens with one attached hydrogen (secondary N) is 1. The molecule has 0 atom stereocenters. The van der Waals surface area contributed by atoms with Gasteiger partial charge in [-0.15, -0.1) is 0 Å². The molecule has 0 unspecified atom stereocenters. The first-order valence-electron chi connectivity index (χ1n) is 10.2. The lowest BCUT2D eigenvalue weighted by Crippen LogP contribution is -2.36. The summed E-state index contributed by atoms with van der Waals surface area (Å²) in [5.74, 6) is -0.272. The maximum absolute atomic E-state index is 12.8. The van der Waals surface area contributed by atoms with E-state index in [1.807, 2.05) is 37.9 Å². The lowest BCUT2D eigenvalue weighted by molar-refractivity contribution is -0.127. The highest BCUT2D eigenvalue weighted by molar-refractivity contribution is 8.00. The van der Waals surface area contributed by atoms with Gasteiger partial charge in [-0.3, -0.25) is 9.59 Å². The van der Waals surface area contributed by atoms with E-state index in [1.165, 1.54) is 17.3 Å². The molecule has 3 aromatic rings. The van der Waals surface area contributed by atoms with Crippen LogP contribution >= 0.6 is 11.8 Å². The van der Waals surface area contributed by atoms with Crippen molar-refractivity contribution in [2.24, 2.45) is 5.73 Å². The van der Waals surface area contributed by atoms with Crippen molar-refractivity contribution in [3.05, 3.63) is 58.6 Å². The molecule has 0 saturated heterocycles. The minimum atomic E-state index is -0.512. The van der Waals surface area contributed by atoms with Crippen LogP contribution in [0, 0.1) is 20.8 Å². The van der Waals surface area contributed by atoms with Gasteiger partial charge in [-0.05, 0) is 56.0 Å². The van der Waals surface area contributed by atoms with E-state index < -0.39 is 5.91 Å². The zero-order valence-corrected chi connectivity index (χ0v) is 18.7. The van der Waals surface area contributed by atoms with E-state index in [2.05, 4.69) is 27.1 Å². The summed E-state index contributed by atoms with van der Waals surface area (Å²) in [6, 6.07) is 3.98. The Bertz CT molecular complexity index is 1210. The second kappa shape index (κ2) is 8.55. The third-order valence-electron chi connectivity index (χ3n) is 5.90. The zero-order chi connectivity index (χ0) is 22.1. The fourth-order valence-corrected chi connectivity index (χ4v) is 4.93. The van der Waals surface area contributed by atoms with E-state index in [-0.39, 0.29) is 11.7 Å². The minimum absolute atomic E-state index is 0.0222. The number of carbonyl (C=O) groups excluding carboxylic acids is 2. The number of aromatic nitrogens is 3. The van der Waals surface area contributed by atoms with Crippen LogP contribution in [-0.2, 0) is 4.79 Å². The topological polar surface area (TPSA) is 105 Å². The molecular weight excluding hydrogens is 410 g/mol. The van der Waals surface area contributed by atoms with Crippen LogP contribution in [-0.4, -0.2) is 50.5 Å². The average Bonchev–Trinajstić information content (AvgIpc) is 3.19. The first kappa shape index (κ1) is 21.1. The fraction of sp³-hybridized carbons (Fsp3) is 0.304. The molecule has 8 heteroatoms. The molecule has 1 aliphatic heterocycles. The molecule has 4 heterocycles. The number of aryl methyl sites for hydroxylation is 1. The molecule has 31 heavy (non-hydrogen) atoms. The van der Waals surface area contributed by atoms with Crippen molar-refractivity contribution in [3.8, 4) is 0 Å². The van der Waals surface area contributed by atoms with Crippen LogP contribution in [0.2, 0.25) is 0 Å². The van der Waals surface area contributed by atoms with Crippen molar-refractivity contribution in [1.82, 2.24) is 19.9 Å². The highest BCUT2D eigenvalue weighted by Crippen LogP contribution is 2.30. The number of H-pyrrole nitrogens is 1. The zero-order valence-electron chi connectivity index (χ0n) is 17.9. The number of hydrogen-bond acceptors (Lipinski definition) is 5. The Labute approximate surface area is 185 Å². The number of primary amides is 1. The van der Waals surface area contributed by atoms with E-state index in [0.717, 1.165) is 39.8 Å². The Morgan fingerprint density at radius 2 is 2.06 bits per heavy atom. The van der Waals surface area contributed by atoms with Gasteiger partial charge in [0, 0.05) is 42.1 Å². The number of amides is 2. The largest absolute Gasteiger partial charge is 0.366 e. The van der Waals surface area contributed by atoms with E-state index in [1.54, 1.807) is 6.20 Å². The molecule has 3 aromatic heterocycles. The molecule has 1 aliphatic rings. The van der Waals surface area contributed by atoms with Gasteiger partial charge < -0.3 is 15.6 Å². The van der Waals surface area contributed by atoms with Crippen LogP contribution in [0.3, 0.4) is 0 Å². The lowest BCUT2D eigenvalue weighted by Gasteiger charge is -2.26. The average molecular weight is 436 g/mol. The summed E-state index contributed by atoms with van der Waals surface area (Å²) >= 11 is 1.28. The number of rotatable bonds is 5. The molecule has 0 bridgehead atoms. The first-order valence-corrected chi connectivity index (χ1v) is 11.1. The van der Waals surface area contributed by atoms with E-state index in [4.69, 9.17) is 5.73 Å². The Kier molecular flexibility index (Phi) is 5.82. The van der Waals surface area contributed by atoms with Gasteiger partial charge in [-0.1, -0.05) is 17.8 Å². The summed E-state index contributed by atoms with van der Waals surface area (Å²) in [6.45, 7) is 6.90. The van der Waals surface area contributed by atoms with Gasteiger partial charge in [0.1, 0.15) is 10.7 Å². The van der Waals surface area contributed by atoms with Gasteiger partial charge in [0.05, 0.1) is 11.3 Å². The highest BCUT2D eigenvalue weighted by Gasteiger charge is 2.22. The number of nitrogens with zero attached hydrogens (tertiary/aromatic N) is 3. The molecule has 160 valence electrons. The summed E-state index contributed by atoms with van der Waals surface area (Å²) in [5.41, 5.74) is 11.8. The van der Waals surface area contributed by atoms with Crippen LogP contribution in [0.15, 0.2) is 35.6 Å². The van der Waals surface area contributed by atoms with E-state index >= 15 is 0 Å². The molecular formula is C23H25N5O2S. The molecule has 0 fully saturated rings. The number of carbonyl (C=O) groups is 2. The van der Waals surface area contributed by atoms with Crippen molar-refractivity contribution in [3.63, 3.8) is 0 Å². The lowest BCUT2D eigenvalue weighted by atomic mass is 9.99. The van der Waals surface area contributed by atoms with Crippen LogP contribution in [0.25, 0.3) is 16.6 Å². The number of thioether (sulfide) groups is 1. The molecule has 2 amide bonds. The maximum Gasteiger partial charge on any atom is 0.251 e. The Balaban J connectivity index is 1.45. The SMILES string of the molecule is Cc1nc(SCC(=O)N2CC=C(c3c[nH]c4ncccc34)CC2)c(C(N)=O)c(C)c1C. The minimum Gasteiger partial charge on any atom is -0.366 e. The van der Waals surface area contributed by atoms with Gasteiger partial charge in [0.15, 0.2) is 0 Å². The number of hydrogen-bond donors (Lipinski definition) is 2. The van der Waals surface area contributed by atoms with Crippen molar-refractivity contribution < 1.29 is 9.59 Å². The Morgan fingerprint density at radius 1 is 1.26 bits per heavy atom. The maximum atomic E-state index is 12.8. The summed E-state index contributed by atoms with van der Waals surface area (Å²) < 4.78 is 0. The molecule has 0 spiro atoms. The Morgan fingerprint density at radius 3 is 2.77 bits per heavy atom. The third kappa shape index (κ3) is 4.07. The number of fused-ring (bicyclic) bond motifs is 1. The van der Waals surface area contributed by atoms with Crippen LogP contribution in [0.5, 0.6) is 0 Å². The van der Waals surface area contributed by atoms with Crippen molar-refractivity contribution >= 4 is 40.2 Å². The summed E-state index contributed by atoms with van der Waals surface area (Å²) in [7, 11) is 0.